The minimum Gasteiger partial charge on any atom is -0.364 e. The highest BCUT2D eigenvalue weighted by Gasteiger charge is 2.37. The number of aromatic nitrogens is 1. The molecule has 1 saturated carbocycles. The van der Waals surface area contributed by atoms with Gasteiger partial charge in [-0.1, -0.05) is 30.3 Å². The van der Waals surface area contributed by atoms with Crippen LogP contribution in [0.1, 0.15) is 60.1 Å². The van der Waals surface area contributed by atoms with E-state index >= 15 is 0 Å². The van der Waals surface area contributed by atoms with E-state index in [0.29, 0.717) is 12.5 Å². The van der Waals surface area contributed by atoms with Crippen molar-refractivity contribution in [3.05, 3.63) is 59.4 Å². The first-order chi connectivity index (χ1) is 12.2. The lowest BCUT2D eigenvalue weighted by atomic mass is 9.98. The van der Waals surface area contributed by atoms with E-state index in [1.165, 1.54) is 24.8 Å². The van der Waals surface area contributed by atoms with Crippen molar-refractivity contribution >= 4 is 5.91 Å². The Labute approximate surface area is 149 Å². The summed E-state index contributed by atoms with van der Waals surface area (Å²) in [5, 5.41) is 3.21. The summed E-state index contributed by atoms with van der Waals surface area (Å²) in [6, 6.07) is 12.5. The molecule has 1 aliphatic heterocycles. The van der Waals surface area contributed by atoms with Crippen molar-refractivity contribution in [1.82, 2.24) is 15.2 Å². The number of carbonyl (C=O) groups is 1. The molecule has 1 unspecified atom stereocenters. The average Bonchev–Trinajstić information content (AvgIpc) is 3.24. The zero-order valence-electron chi connectivity index (χ0n) is 14.9. The van der Waals surface area contributed by atoms with Gasteiger partial charge in [-0.15, -0.1) is 0 Å². The first kappa shape index (κ1) is 16.4. The number of H-pyrrole nitrogens is 1. The molecule has 2 N–H and O–H groups in total. The van der Waals surface area contributed by atoms with Gasteiger partial charge in [0.15, 0.2) is 0 Å². The van der Waals surface area contributed by atoms with Gasteiger partial charge in [-0.3, -0.25) is 9.69 Å². The standard InChI is InChI=1S/C21H27N3O/c1-21(11-5-13-24(21)14-16-6-3-2-4-7-16)15-23-20(25)18-10-12-22-19(18)17-8-9-17/h2-4,6-7,10,12,17,22H,5,8-9,11,13-15H2,1H3,(H,23,25). The van der Waals surface area contributed by atoms with Gasteiger partial charge in [-0.2, -0.15) is 0 Å². The highest BCUT2D eigenvalue weighted by Crippen LogP contribution is 2.40. The summed E-state index contributed by atoms with van der Waals surface area (Å²) in [6.45, 7) is 5.03. The molecule has 2 heterocycles. The largest absolute Gasteiger partial charge is 0.364 e. The summed E-state index contributed by atoms with van der Waals surface area (Å²) in [4.78, 5) is 18.4. The molecule has 1 saturated heterocycles. The maximum absolute atomic E-state index is 12.7. The number of benzene rings is 1. The number of amides is 1. The number of nitrogens with zero attached hydrogens (tertiary/aromatic N) is 1. The van der Waals surface area contributed by atoms with Crippen LogP contribution in [0.4, 0.5) is 0 Å². The van der Waals surface area contributed by atoms with Gasteiger partial charge >= 0.3 is 0 Å². The summed E-state index contributed by atoms with van der Waals surface area (Å²) in [6.07, 6.45) is 6.60. The van der Waals surface area contributed by atoms with Crippen LogP contribution in [-0.2, 0) is 6.54 Å². The Hall–Kier alpha value is -2.07. The van der Waals surface area contributed by atoms with Gasteiger partial charge in [0.1, 0.15) is 0 Å². The first-order valence-corrected chi connectivity index (χ1v) is 9.40. The fourth-order valence-electron chi connectivity index (χ4n) is 4.01. The second-order valence-corrected chi connectivity index (χ2v) is 7.77. The minimum absolute atomic E-state index is 0.0293. The fourth-order valence-corrected chi connectivity index (χ4v) is 4.01. The van der Waals surface area contributed by atoms with E-state index in [9.17, 15) is 4.79 Å². The smallest absolute Gasteiger partial charge is 0.253 e. The van der Waals surface area contributed by atoms with Crippen LogP contribution in [0, 0.1) is 0 Å². The minimum atomic E-state index is 0.0293. The molecule has 0 radical (unpaired) electrons. The molecule has 2 aliphatic rings. The van der Waals surface area contributed by atoms with E-state index < -0.39 is 0 Å². The number of aromatic amines is 1. The van der Waals surface area contributed by atoms with E-state index in [4.69, 9.17) is 0 Å². The number of nitrogens with one attached hydrogen (secondary N) is 2. The molecule has 2 fully saturated rings. The van der Waals surface area contributed by atoms with Crippen molar-refractivity contribution in [2.24, 2.45) is 0 Å². The monoisotopic (exact) mass is 337 g/mol. The number of hydrogen-bond acceptors (Lipinski definition) is 2. The lowest BCUT2D eigenvalue weighted by Crippen LogP contribution is -2.49. The fraction of sp³-hybridized carbons (Fsp3) is 0.476. The van der Waals surface area contributed by atoms with E-state index in [2.05, 4.69) is 52.5 Å². The molecule has 1 aliphatic carbocycles. The van der Waals surface area contributed by atoms with E-state index in [-0.39, 0.29) is 11.4 Å². The zero-order chi connectivity index (χ0) is 17.3. The van der Waals surface area contributed by atoms with Crippen LogP contribution in [0.3, 0.4) is 0 Å². The maximum Gasteiger partial charge on any atom is 0.253 e. The van der Waals surface area contributed by atoms with Gasteiger partial charge in [-0.05, 0) is 56.7 Å². The normalized spacial score (nSPS) is 23.7. The molecular weight excluding hydrogens is 310 g/mol. The molecule has 1 atom stereocenters. The second kappa shape index (κ2) is 6.68. The van der Waals surface area contributed by atoms with Crippen LogP contribution < -0.4 is 5.32 Å². The molecule has 0 bridgehead atoms. The van der Waals surface area contributed by atoms with Crippen LogP contribution in [0.2, 0.25) is 0 Å². The van der Waals surface area contributed by atoms with Crippen molar-refractivity contribution in [3.8, 4) is 0 Å². The number of rotatable bonds is 6. The SMILES string of the molecule is CC1(CNC(=O)c2cc[nH]c2C2CC2)CCCN1Cc1ccccc1. The second-order valence-electron chi connectivity index (χ2n) is 7.77. The molecule has 4 rings (SSSR count). The molecule has 4 nitrogen and oxygen atoms in total. The lowest BCUT2D eigenvalue weighted by Gasteiger charge is -2.35. The summed E-state index contributed by atoms with van der Waals surface area (Å²) < 4.78 is 0. The summed E-state index contributed by atoms with van der Waals surface area (Å²) in [7, 11) is 0. The van der Waals surface area contributed by atoms with Gasteiger partial charge in [0, 0.05) is 30.5 Å². The van der Waals surface area contributed by atoms with Crippen molar-refractivity contribution in [2.45, 2.75) is 50.6 Å². The predicted molar refractivity (Wildman–Crippen MR) is 99.6 cm³/mol. The summed E-state index contributed by atoms with van der Waals surface area (Å²) in [5.74, 6) is 0.628. The van der Waals surface area contributed by atoms with Crippen molar-refractivity contribution < 1.29 is 4.79 Å². The van der Waals surface area contributed by atoms with Crippen LogP contribution in [0.15, 0.2) is 42.6 Å². The highest BCUT2D eigenvalue weighted by atomic mass is 16.1. The van der Waals surface area contributed by atoms with Gasteiger partial charge in [-0.25, -0.2) is 0 Å². The Morgan fingerprint density at radius 1 is 1.28 bits per heavy atom. The summed E-state index contributed by atoms with van der Waals surface area (Å²) in [5.41, 5.74) is 3.32. The molecule has 25 heavy (non-hydrogen) atoms. The van der Waals surface area contributed by atoms with Crippen molar-refractivity contribution in [1.29, 1.82) is 0 Å². The molecule has 4 heteroatoms. The Kier molecular flexibility index (Phi) is 4.38. The molecular formula is C21H27N3O. The molecule has 1 aromatic carbocycles. The Morgan fingerprint density at radius 2 is 2.08 bits per heavy atom. The first-order valence-electron chi connectivity index (χ1n) is 9.40. The molecule has 0 spiro atoms. The highest BCUT2D eigenvalue weighted by molar-refractivity contribution is 5.95. The predicted octanol–water partition coefficient (Wildman–Crippen LogP) is 3.68. The van der Waals surface area contributed by atoms with Gasteiger partial charge in [0.05, 0.1) is 5.56 Å². The number of hydrogen-bond donors (Lipinski definition) is 2. The Morgan fingerprint density at radius 3 is 2.84 bits per heavy atom. The lowest BCUT2D eigenvalue weighted by molar-refractivity contribution is 0.0896. The van der Waals surface area contributed by atoms with Crippen LogP contribution in [0.5, 0.6) is 0 Å². The third-order valence-electron chi connectivity index (χ3n) is 5.76. The number of likely N-dealkylation sites (tertiary alicyclic amines) is 1. The van der Waals surface area contributed by atoms with Crippen molar-refractivity contribution in [3.63, 3.8) is 0 Å². The average molecular weight is 337 g/mol. The van der Waals surface area contributed by atoms with Gasteiger partial charge in [0.25, 0.3) is 5.91 Å². The third kappa shape index (κ3) is 3.49. The summed E-state index contributed by atoms with van der Waals surface area (Å²) >= 11 is 0. The molecule has 1 amide bonds. The van der Waals surface area contributed by atoms with E-state index in [1.54, 1.807) is 0 Å². The van der Waals surface area contributed by atoms with E-state index in [1.807, 2.05) is 12.3 Å². The topological polar surface area (TPSA) is 48.1 Å². The molecule has 1 aromatic heterocycles. The quantitative estimate of drug-likeness (QED) is 0.845. The van der Waals surface area contributed by atoms with Crippen LogP contribution in [0.25, 0.3) is 0 Å². The maximum atomic E-state index is 12.7. The van der Waals surface area contributed by atoms with Crippen LogP contribution in [-0.4, -0.2) is 34.4 Å². The van der Waals surface area contributed by atoms with Gasteiger partial charge < -0.3 is 10.3 Å². The van der Waals surface area contributed by atoms with Crippen LogP contribution >= 0.6 is 0 Å². The third-order valence-corrected chi connectivity index (χ3v) is 5.76. The molecule has 2 aromatic rings. The molecule has 132 valence electrons. The van der Waals surface area contributed by atoms with Crippen molar-refractivity contribution in [2.75, 3.05) is 13.1 Å². The van der Waals surface area contributed by atoms with E-state index in [0.717, 1.165) is 30.8 Å². The number of carbonyl (C=O) groups excluding carboxylic acids is 1. The zero-order valence-corrected chi connectivity index (χ0v) is 14.9. The Balaban J connectivity index is 1.40. The van der Waals surface area contributed by atoms with Gasteiger partial charge in [0.2, 0.25) is 0 Å². The Bertz CT molecular complexity index is 735.